The van der Waals surface area contributed by atoms with E-state index in [1.165, 1.54) is 0 Å². The van der Waals surface area contributed by atoms with E-state index in [1.807, 2.05) is 54.6 Å². The lowest BCUT2D eigenvalue weighted by Gasteiger charge is -1.98. The Morgan fingerprint density at radius 2 is 1.70 bits per heavy atom. The van der Waals surface area contributed by atoms with Gasteiger partial charge in [-0.3, -0.25) is 5.10 Å². The van der Waals surface area contributed by atoms with Crippen molar-refractivity contribution in [2.75, 3.05) is 0 Å². The first-order valence-corrected chi connectivity index (χ1v) is 7.79. The van der Waals surface area contributed by atoms with Crippen molar-refractivity contribution < 1.29 is 4.52 Å². The maximum Gasteiger partial charge on any atom is 0.262 e. The predicted molar refractivity (Wildman–Crippen MR) is 90.5 cm³/mol. The molecule has 6 heteroatoms. The highest BCUT2D eigenvalue weighted by molar-refractivity contribution is 9.10. The second-order valence-electron chi connectivity index (χ2n) is 4.95. The number of hydrogen-bond donors (Lipinski definition) is 1. The van der Waals surface area contributed by atoms with E-state index < -0.39 is 0 Å². The monoisotopic (exact) mass is 366 g/mol. The van der Waals surface area contributed by atoms with Crippen molar-refractivity contribution in [3.8, 4) is 34.1 Å². The summed E-state index contributed by atoms with van der Waals surface area (Å²) >= 11 is 3.41. The minimum absolute atomic E-state index is 0.440. The Bertz CT molecular complexity index is 929. The molecule has 5 nitrogen and oxygen atoms in total. The molecule has 0 saturated carbocycles. The van der Waals surface area contributed by atoms with Gasteiger partial charge in [-0.1, -0.05) is 51.4 Å². The number of benzene rings is 2. The van der Waals surface area contributed by atoms with Gasteiger partial charge in [0.2, 0.25) is 5.82 Å². The molecule has 0 unspecified atom stereocenters. The Morgan fingerprint density at radius 3 is 2.48 bits per heavy atom. The normalized spacial score (nSPS) is 10.8. The van der Waals surface area contributed by atoms with Gasteiger partial charge in [0, 0.05) is 15.6 Å². The maximum atomic E-state index is 5.42. The van der Waals surface area contributed by atoms with Crippen molar-refractivity contribution in [3.05, 3.63) is 65.3 Å². The molecule has 2 aromatic carbocycles. The van der Waals surface area contributed by atoms with Gasteiger partial charge >= 0.3 is 0 Å². The molecule has 23 heavy (non-hydrogen) atoms. The van der Waals surface area contributed by atoms with Crippen molar-refractivity contribution in [2.45, 2.75) is 0 Å². The largest absolute Gasteiger partial charge is 0.333 e. The second kappa shape index (κ2) is 5.81. The average Bonchev–Trinajstić information content (AvgIpc) is 3.25. The highest BCUT2D eigenvalue weighted by Gasteiger charge is 2.16. The van der Waals surface area contributed by atoms with Gasteiger partial charge in [0.1, 0.15) is 0 Å². The van der Waals surface area contributed by atoms with Gasteiger partial charge in [-0.05, 0) is 24.3 Å². The number of hydrogen-bond acceptors (Lipinski definition) is 4. The van der Waals surface area contributed by atoms with Gasteiger partial charge in [0.15, 0.2) is 0 Å². The molecule has 0 bridgehead atoms. The van der Waals surface area contributed by atoms with Gasteiger partial charge in [-0.15, -0.1) is 0 Å². The van der Waals surface area contributed by atoms with E-state index in [0.717, 1.165) is 26.9 Å². The molecular weight excluding hydrogens is 356 g/mol. The molecule has 1 N–H and O–H groups in total. The number of rotatable bonds is 3. The van der Waals surface area contributed by atoms with Crippen LogP contribution in [0.3, 0.4) is 0 Å². The van der Waals surface area contributed by atoms with Crippen molar-refractivity contribution in [2.24, 2.45) is 0 Å². The van der Waals surface area contributed by atoms with Gasteiger partial charge < -0.3 is 4.52 Å². The molecule has 0 atom stereocenters. The smallest absolute Gasteiger partial charge is 0.262 e. The lowest BCUT2D eigenvalue weighted by molar-refractivity contribution is 0.432. The van der Waals surface area contributed by atoms with Crippen LogP contribution in [-0.4, -0.2) is 20.3 Å². The molecule has 0 spiro atoms. The van der Waals surface area contributed by atoms with E-state index in [9.17, 15) is 0 Å². The minimum atomic E-state index is 0.440. The van der Waals surface area contributed by atoms with Crippen LogP contribution >= 0.6 is 15.9 Å². The lowest BCUT2D eigenvalue weighted by Crippen LogP contribution is -1.83. The Morgan fingerprint density at radius 1 is 0.913 bits per heavy atom. The van der Waals surface area contributed by atoms with Crippen LogP contribution in [0.1, 0.15) is 0 Å². The van der Waals surface area contributed by atoms with Gasteiger partial charge in [-0.2, -0.15) is 10.1 Å². The number of H-pyrrole nitrogens is 1. The first kappa shape index (κ1) is 13.9. The maximum absolute atomic E-state index is 5.42. The number of aromatic nitrogens is 4. The number of nitrogens with one attached hydrogen (secondary N) is 1. The molecule has 2 heterocycles. The van der Waals surface area contributed by atoms with Crippen molar-refractivity contribution in [1.82, 2.24) is 20.3 Å². The van der Waals surface area contributed by atoms with Crippen LogP contribution in [0.2, 0.25) is 0 Å². The quantitative estimate of drug-likeness (QED) is 0.577. The zero-order valence-electron chi connectivity index (χ0n) is 11.9. The summed E-state index contributed by atoms with van der Waals surface area (Å²) in [6.45, 7) is 0. The summed E-state index contributed by atoms with van der Waals surface area (Å²) in [6.07, 6.45) is 1.70. The zero-order chi connectivity index (χ0) is 15.6. The van der Waals surface area contributed by atoms with Gasteiger partial charge in [0.05, 0.1) is 17.5 Å². The standard InChI is InChI=1S/C17H11BrN4O/c18-13-8-6-12(7-9-13)16-20-17(23-22-16)14-10-19-21-15(14)11-4-2-1-3-5-11/h1-10H,(H,19,21). The van der Waals surface area contributed by atoms with Crippen LogP contribution in [0.25, 0.3) is 34.1 Å². The van der Waals surface area contributed by atoms with Crippen LogP contribution in [0, 0.1) is 0 Å². The van der Waals surface area contributed by atoms with Crippen molar-refractivity contribution >= 4 is 15.9 Å². The molecule has 0 radical (unpaired) electrons. The summed E-state index contributed by atoms with van der Waals surface area (Å²) in [5.74, 6) is 0.989. The molecule has 0 aliphatic rings. The van der Waals surface area contributed by atoms with E-state index in [0.29, 0.717) is 11.7 Å². The van der Waals surface area contributed by atoms with E-state index in [2.05, 4.69) is 36.3 Å². The molecule has 112 valence electrons. The molecule has 4 rings (SSSR count). The van der Waals surface area contributed by atoms with Gasteiger partial charge in [0.25, 0.3) is 5.89 Å². The van der Waals surface area contributed by atoms with Crippen molar-refractivity contribution in [3.63, 3.8) is 0 Å². The Hall–Kier alpha value is -2.73. The third-order valence-electron chi connectivity index (χ3n) is 3.46. The fraction of sp³-hybridized carbons (Fsp3) is 0. The first-order chi connectivity index (χ1) is 11.3. The minimum Gasteiger partial charge on any atom is -0.333 e. The van der Waals surface area contributed by atoms with E-state index >= 15 is 0 Å². The third-order valence-corrected chi connectivity index (χ3v) is 3.99. The zero-order valence-corrected chi connectivity index (χ0v) is 13.5. The Labute approximate surface area is 140 Å². The average molecular weight is 367 g/mol. The lowest BCUT2D eigenvalue weighted by atomic mass is 10.1. The summed E-state index contributed by atoms with van der Waals surface area (Å²) in [6, 6.07) is 17.7. The summed E-state index contributed by atoms with van der Waals surface area (Å²) in [5, 5.41) is 11.2. The number of halogens is 1. The molecule has 0 fully saturated rings. The highest BCUT2D eigenvalue weighted by atomic mass is 79.9. The van der Waals surface area contributed by atoms with Crippen LogP contribution in [0.5, 0.6) is 0 Å². The molecular formula is C17H11BrN4O. The van der Waals surface area contributed by atoms with E-state index in [-0.39, 0.29) is 0 Å². The van der Waals surface area contributed by atoms with Gasteiger partial charge in [-0.25, -0.2) is 0 Å². The molecule has 0 aliphatic carbocycles. The first-order valence-electron chi connectivity index (χ1n) is 7.00. The second-order valence-corrected chi connectivity index (χ2v) is 5.87. The highest BCUT2D eigenvalue weighted by Crippen LogP contribution is 2.30. The summed E-state index contributed by atoms with van der Waals surface area (Å²) in [4.78, 5) is 4.49. The van der Waals surface area contributed by atoms with Crippen LogP contribution in [-0.2, 0) is 0 Å². The van der Waals surface area contributed by atoms with Crippen LogP contribution < -0.4 is 0 Å². The molecule has 0 saturated heterocycles. The molecule has 0 aliphatic heterocycles. The molecule has 4 aromatic rings. The third kappa shape index (κ3) is 2.68. The van der Waals surface area contributed by atoms with Crippen LogP contribution in [0.15, 0.2) is 69.8 Å². The summed E-state index contributed by atoms with van der Waals surface area (Å²) < 4.78 is 6.43. The summed E-state index contributed by atoms with van der Waals surface area (Å²) in [7, 11) is 0. The van der Waals surface area contributed by atoms with E-state index in [1.54, 1.807) is 6.20 Å². The molecule has 2 aromatic heterocycles. The Kier molecular flexibility index (Phi) is 3.51. The van der Waals surface area contributed by atoms with E-state index in [4.69, 9.17) is 4.52 Å². The fourth-order valence-electron chi connectivity index (χ4n) is 2.32. The SMILES string of the molecule is Brc1ccc(-c2noc(-c3cn[nH]c3-c3ccccc3)n2)cc1. The topological polar surface area (TPSA) is 67.6 Å². The fourth-order valence-corrected chi connectivity index (χ4v) is 2.59. The van der Waals surface area contributed by atoms with Crippen LogP contribution in [0.4, 0.5) is 0 Å². The summed E-state index contributed by atoms with van der Waals surface area (Å²) in [5.41, 5.74) is 3.56. The number of nitrogens with zero attached hydrogens (tertiary/aromatic N) is 3. The molecule has 0 amide bonds. The Balaban J connectivity index is 1.73. The predicted octanol–water partition coefficient (Wildman–Crippen LogP) is 4.56. The van der Waals surface area contributed by atoms with Crippen molar-refractivity contribution in [1.29, 1.82) is 0 Å². The number of aromatic amines is 1.